The van der Waals surface area contributed by atoms with Gasteiger partial charge in [-0.25, -0.2) is 18.4 Å². The molecule has 0 saturated heterocycles. The van der Waals surface area contributed by atoms with E-state index in [4.69, 9.17) is 5.73 Å². The predicted octanol–water partition coefficient (Wildman–Crippen LogP) is 4.47. The second kappa shape index (κ2) is 8.57. The first-order valence-electron chi connectivity index (χ1n) is 11.2. The zero-order valence-corrected chi connectivity index (χ0v) is 19.5. The highest BCUT2D eigenvalue weighted by Gasteiger charge is 2.25. The molecule has 0 radical (unpaired) electrons. The summed E-state index contributed by atoms with van der Waals surface area (Å²) in [4.78, 5) is 22.2. The lowest BCUT2D eigenvalue weighted by molar-refractivity contribution is 0.104. The molecular formula is C25H25N5O3S. The van der Waals surface area contributed by atoms with Crippen molar-refractivity contribution in [3.63, 3.8) is 0 Å². The van der Waals surface area contributed by atoms with Crippen LogP contribution in [0.5, 0.6) is 0 Å². The molecule has 8 nitrogen and oxygen atoms in total. The molecule has 1 aliphatic carbocycles. The van der Waals surface area contributed by atoms with Crippen LogP contribution in [-0.2, 0) is 10.0 Å². The van der Waals surface area contributed by atoms with Crippen molar-refractivity contribution < 1.29 is 13.2 Å². The molecule has 2 heterocycles. The number of anilines is 2. The standard InChI is InChI=1S/C25H25N5O3S/c1-16-9-11-20(12-10-16)34(32,33)29-18-6-4-5-17(13-18)23(31)21-14-30(19-7-2-3-8-19)25-22(21)24(26)27-15-28-25/h4-6,9-15,19,29H,2-3,7-8H2,1H3,(H2,26,27,28). The number of carbonyl (C=O) groups excluding carboxylic acids is 1. The average molecular weight is 476 g/mol. The highest BCUT2D eigenvalue weighted by Crippen LogP contribution is 2.35. The first-order chi connectivity index (χ1) is 16.3. The van der Waals surface area contributed by atoms with Crippen LogP contribution in [0.3, 0.4) is 0 Å². The van der Waals surface area contributed by atoms with Gasteiger partial charge in [-0.05, 0) is 44.0 Å². The van der Waals surface area contributed by atoms with E-state index in [0.717, 1.165) is 31.2 Å². The molecule has 0 atom stereocenters. The Morgan fingerprint density at radius 2 is 1.82 bits per heavy atom. The van der Waals surface area contributed by atoms with Crippen molar-refractivity contribution in [2.75, 3.05) is 10.5 Å². The lowest BCUT2D eigenvalue weighted by Gasteiger charge is -2.12. The molecule has 1 saturated carbocycles. The van der Waals surface area contributed by atoms with Gasteiger partial charge in [-0.3, -0.25) is 9.52 Å². The van der Waals surface area contributed by atoms with Gasteiger partial charge < -0.3 is 10.3 Å². The number of nitrogens with two attached hydrogens (primary N) is 1. The van der Waals surface area contributed by atoms with E-state index < -0.39 is 10.0 Å². The minimum Gasteiger partial charge on any atom is -0.383 e. The van der Waals surface area contributed by atoms with E-state index in [1.54, 1.807) is 42.5 Å². The molecule has 0 unspecified atom stereocenters. The molecule has 0 aliphatic heterocycles. The fourth-order valence-corrected chi connectivity index (χ4v) is 5.60. The Balaban J connectivity index is 1.50. The van der Waals surface area contributed by atoms with Gasteiger partial charge in [0.1, 0.15) is 17.8 Å². The van der Waals surface area contributed by atoms with Gasteiger partial charge in [0.2, 0.25) is 0 Å². The Kier molecular flexibility index (Phi) is 5.57. The summed E-state index contributed by atoms with van der Waals surface area (Å²) in [5, 5.41) is 0.532. The van der Waals surface area contributed by atoms with E-state index in [-0.39, 0.29) is 22.5 Å². The lowest BCUT2D eigenvalue weighted by Crippen LogP contribution is -2.13. The summed E-state index contributed by atoms with van der Waals surface area (Å²) in [6, 6.07) is 13.3. The van der Waals surface area contributed by atoms with Crippen LogP contribution >= 0.6 is 0 Å². The quantitative estimate of drug-likeness (QED) is 0.397. The summed E-state index contributed by atoms with van der Waals surface area (Å²) in [5.41, 5.74) is 8.84. The van der Waals surface area contributed by atoms with Crippen molar-refractivity contribution in [2.24, 2.45) is 0 Å². The molecule has 0 spiro atoms. The van der Waals surface area contributed by atoms with Gasteiger partial charge in [0, 0.05) is 23.5 Å². The molecule has 9 heteroatoms. The summed E-state index contributed by atoms with van der Waals surface area (Å²) in [5.74, 6) is -0.0130. The van der Waals surface area contributed by atoms with Gasteiger partial charge in [-0.15, -0.1) is 0 Å². The number of carbonyl (C=O) groups is 1. The van der Waals surface area contributed by atoms with E-state index in [9.17, 15) is 13.2 Å². The average Bonchev–Trinajstić information content (AvgIpc) is 3.47. The summed E-state index contributed by atoms with van der Waals surface area (Å²) in [6.45, 7) is 1.89. The second-order valence-electron chi connectivity index (χ2n) is 8.67. The lowest BCUT2D eigenvalue weighted by atomic mass is 10.0. The predicted molar refractivity (Wildman–Crippen MR) is 131 cm³/mol. The molecule has 1 aliphatic rings. The van der Waals surface area contributed by atoms with Crippen LogP contribution in [0.2, 0.25) is 0 Å². The zero-order chi connectivity index (χ0) is 23.9. The van der Waals surface area contributed by atoms with Crippen LogP contribution in [0.25, 0.3) is 11.0 Å². The van der Waals surface area contributed by atoms with Gasteiger partial charge in [-0.2, -0.15) is 0 Å². The molecule has 174 valence electrons. The van der Waals surface area contributed by atoms with Crippen LogP contribution in [-0.4, -0.2) is 28.7 Å². The summed E-state index contributed by atoms with van der Waals surface area (Å²) in [6.07, 6.45) is 7.55. The Hall–Kier alpha value is -3.72. The summed E-state index contributed by atoms with van der Waals surface area (Å²) in [7, 11) is -3.79. The number of sulfonamides is 1. The first kappa shape index (κ1) is 22.1. The van der Waals surface area contributed by atoms with Crippen molar-refractivity contribution in [3.8, 4) is 0 Å². The molecule has 4 aromatic rings. The highest BCUT2D eigenvalue weighted by atomic mass is 32.2. The molecule has 34 heavy (non-hydrogen) atoms. The Morgan fingerprint density at radius 1 is 1.09 bits per heavy atom. The first-order valence-corrected chi connectivity index (χ1v) is 12.7. The number of nitrogens with one attached hydrogen (secondary N) is 1. The number of hydrogen-bond donors (Lipinski definition) is 2. The Labute approximate surface area is 197 Å². The van der Waals surface area contributed by atoms with Crippen molar-refractivity contribution in [3.05, 3.63) is 77.7 Å². The largest absolute Gasteiger partial charge is 0.383 e. The number of rotatable bonds is 6. The van der Waals surface area contributed by atoms with Crippen molar-refractivity contribution in [2.45, 2.75) is 43.5 Å². The van der Waals surface area contributed by atoms with Gasteiger partial charge in [0.25, 0.3) is 10.0 Å². The monoisotopic (exact) mass is 475 g/mol. The number of nitrogen functional groups attached to an aromatic ring is 1. The normalized spacial score (nSPS) is 14.5. The SMILES string of the molecule is Cc1ccc(S(=O)(=O)Nc2cccc(C(=O)c3cn(C4CCCC4)c4ncnc(N)c34)c2)cc1. The van der Waals surface area contributed by atoms with Gasteiger partial charge in [-0.1, -0.05) is 42.7 Å². The number of benzene rings is 2. The van der Waals surface area contributed by atoms with Crippen molar-refractivity contribution in [1.82, 2.24) is 14.5 Å². The number of fused-ring (bicyclic) bond motifs is 1. The smallest absolute Gasteiger partial charge is 0.261 e. The third kappa shape index (κ3) is 4.03. The van der Waals surface area contributed by atoms with Crippen LogP contribution in [0.4, 0.5) is 11.5 Å². The third-order valence-electron chi connectivity index (χ3n) is 6.31. The van der Waals surface area contributed by atoms with Gasteiger partial charge in [0.05, 0.1) is 15.8 Å². The van der Waals surface area contributed by atoms with E-state index in [2.05, 4.69) is 14.7 Å². The van der Waals surface area contributed by atoms with Gasteiger partial charge in [0.15, 0.2) is 5.78 Å². The Bertz CT molecular complexity index is 1490. The fourth-order valence-electron chi connectivity index (χ4n) is 4.55. The van der Waals surface area contributed by atoms with Crippen LogP contribution in [0.15, 0.2) is 66.0 Å². The number of nitrogens with zero attached hydrogens (tertiary/aromatic N) is 3. The number of aryl methyl sites for hydroxylation is 1. The minimum atomic E-state index is -3.79. The highest BCUT2D eigenvalue weighted by molar-refractivity contribution is 7.92. The molecule has 0 amide bonds. The van der Waals surface area contributed by atoms with Crippen LogP contribution in [0.1, 0.15) is 53.2 Å². The third-order valence-corrected chi connectivity index (χ3v) is 7.71. The Morgan fingerprint density at radius 3 is 2.56 bits per heavy atom. The van der Waals surface area contributed by atoms with Crippen molar-refractivity contribution in [1.29, 1.82) is 0 Å². The maximum Gasteiger partial charge on any atom is 0.261 e. The van der Waals surface area contributed by atoms with E-state index >= 15 is 0 Å². The topological polar surface area (TPSA) is 120 Å². The number of ketones is 1. The van der Waals surface area contributed by atoms with E-state index in [0.29, 0.717) is 27.8 Å². The molecule has 5 rings (SSSR count). The summed E-state index contributed by atoms with van der Waals surface area (Å²) >= 11 is 0. The molecular weight excluding hydrogens is 450 g/mol. The summed E-state index contributed by atoms with van der Waals surface area (Å²) < 4.78 is 30.2. The zero-order valence-electron chi connectivity index (χ0n) is 18.7. The number of aromatic nitrogens is 3. The van der Waals surface area contributed by atoms with Gasteiger partial charge >= 0.3 is 0 Å². The maximum absolute atomic E-state index is 13.6. The molecule has 2 aromatic heterocycles. The second-order valence-corrected chi connectivity index (χ2v) is 10.4. The number of hydrogen-bond acceptors (Lipinski definition) is 6. The molecule has 0 bridgehead atoms. The van der Waals surface area contributed by atoms with Crippen molar-refractivity contribution >= 4 is 38.3 Å². The van der Waals surface area contributed by atoms with E-state index in [1.165, 1.54) is 12.4 Å². The van der Waals surface area contributed by atoms with E-state index in [1.807, 2.05) is 17.7 Å². The molecule has 1 fully saturated rings. The minimum absolute atomic E-state index is 0.152. The fraction of sp³-hybridized carbons (Fsp3) is 0.240. The molecule has 3 N–H and O–H groups in total. The maximum atomic E-state index is 13.6. The van der Waals surface area contributed by atoms with Crippen LogP contribution in [0, 0.1) is 6.92 Å². The van der Waals surface area contributed by atoms with Crippen LogP contribution < -0.4 is 10.5 Å². The molecule has 2 aromatic carbocycles.